The fourth-order valence-electron chi connectivity index (χ4n) is 1.14. The van der Waals surface area contributed by atoms with Crippen LogP contribution in [0.2, 0.25) is 0 Å². The maximum Gasteiger partial charge on any atom is 0.298 e. The minimum Gasteiger partial charge on any atom is -0.487 e. The van der Waals surface area contributed by atoms with E-state index in [1.165, 1.54) is 12.1 Å². The molecule has 0 aromatic heterocycles. The zero-order valence-electron chi connectivity index (χ0n) is 9.39. The molecule has 1 aromatic rings. The molecule has 3 N–H and O–H groups in total. The molecular formula is C10H15NO4S. The van der Waals surface area contributed by atoms with E-state index >= 15 is 0 Å². The van der Waals surface area contributed by atoms with E-state index in [4.69, 9.17) is 15.0 Å². The van der Waals surface area contributed by atoms with Gasteiger partial charge < -0.3 is 10.5 Å². The summed E-state index contributed by atoms with van der Waals surface area (Å²) in [5.74, 6) is 0.0872. The van der Waals surface area contributed by atoms with Gasteiger partial charge in [-0.25, -0.2) is 0 Å². The fourth-order valence-corrected chi connectivity index (χ4v) is 1.79. The largest absolute Gasteiger partial charge is 0.487 e. The Hall–Kier alpha value is -1.27. The summed E-state index contributed by atoms with van der Waals surface area (Å²) in [5, 5.41) is 0. The molecule has 16 heavy (non-hydrogen) atoms. The second-order valence-electron chi connectivity index (χ2n) is 4.40. The second-order valence-corrected chi connectivity index (χ2v) is 5.79. The molecule has 6 heteroatoms. The quantitative estimate of drug-likeness (QED) is 0.611. The summed E-state index contributed by atoms with van der Waals surface area (Å²) in [6, 6.07) is 4.09. The third-order valence-electron chi connectivity index (χ3n) is 1.66. The van der Waals surface area contributed by atoms with Gasteiger partial charge in [0.25, 0.3) is 10.1 Å². The molecule has 1 aromatic carbocycles. The van der Waals surface area contributed by atoms with E-state index in [1.807, 2.05) is 0 Å². The molecule has 90 valence electrons. The van der Waals surface area contributed by atoms with E-state index in [2.05, 4.69) is 0 Å². The Morgan fingerprint density at radius 2 is 1.88 bits per heavy atom. The number of ether oxygens (including phenoxy) is 1. The maximum atomic E-state index is 11.1. The molecule has 0 aliphatic heterocycles. The van der Waals surface area contributed by atoms with E-state index in [0.717, 1.165) is 6.07 Å². The number of hydrogen-bond acceptors (Lipinski definition) is 4. The average Bonchev–Trinajstić information content (AvgIpc) is 2.04. The zero-order chi connectivity index (χ0) is 12.6. The van der Waals surface area contributed by atoms with Gasteiger partial charge in [0.1, 0.15) is 16.2 Å². The smallest absolute Gasteiger partial charge is 0.298 e. The highest BCUT2D eigenvalue weighted by Gasteiger charge is 2.21. The van der Waals surface area contributed by atoms with Crippen LogP contribution in [-0.2, 0) is 10.1 Å². The van der Waals surface area contributed by atoms with Crippen LogP contribution in [0.25, 0.3) is 0 Å². The van der Waals surface area contributed by atoms with Gasteiger partial charge in [-0.05, 0) is 39.0 Å². The molecule has 5 nitrogen and oxygen atoms in total. The normalized spacial score (nSPS) is 12.5. The Morgan fingerprint density at radius 1 is 1.31 bits per heavy atom. The molecule has 0 aliphatic rings. The van der Waals surface area contributed by atoms with Crippen molar-refractivity contribution in [2.45, 2.75) is 31.3 Å². The van der Waals surface area contributed by atoms with Crippen LogP contribution < -0.4 is 10.5 Å². The van der Waals surface area contributed by atoms with Gasteiger partial charge in [0.05, 0.1) is 0 Å². The molecule has 0 fully saturated rings. The van der Waals surface area contributed by atoms with E-state index < -0.39 is 15.7 Å². The molecule has 0 spiro atoms. The van der Waals surface area contributed by atoms with Gasteiger partial charge in [-0.15, -0.1) is 0 Å². The van der Waals surface area contributed by atoms with Crippen LogP contribution in [0.15, 0.2) is 23.1 Å². The molecule has 0 aliphatic carbocycles. The van der Waals surface area contributed by atoms with Crippen molar-refractivity contribution in [3.63, 3.8) is 0 Å². The van der Waals surface area contributed by atoms with Crippen molar-refractivity contribution < 1.29 is 17.7 Å². The van der Waals surface area contributed by atoms with Crippen LogP contribution >= 0.6 is 0 Å². The molecule has 0 saturated heterocycles. The van der Waals surface area contributed by atoms with E-state index in [-0.39, 0.29) is 16.3 Å². The molecule has 0 radical (unpaired) electrons. The van der Waals surface area contributed by atoms with Crippen molar-refractivity contribution in [1.82, 2.24) is 0 Å². The van der Waals surface area contributed by atoms with Crippen molar-refractivity contribution in [3.8, 4) is 5.75 Å². The number of benzene rings is 1. The first kappa shape index (κ1) is 12.8. The van der Waals surface area contributed by atoms with Gasteiger partial charge in [0, 0.05) is 5.69 Å². The summed E-state index contributed by atoms with van der Waals surface area (Å²) in [6.45, 7) is 5.32. The summed E-state index contributed by atoms with van der Waals surface area (Å²) >= 11 is 0. The van der Waals surface area contributed by atoms with Crippen molar-refractivity contribution in [1.29, 1.82) is 0 Å². The lowest BCUT2D eigenvalue weighted by molar-refractivity contribution is 0.126. The summed E-state index contributed by atoms with van der Waals surface area (Å²) in [4.78, 5) is -0.317. The molecule has 1 rings (SSSR count). The zero-order valence-corrected chi connectivity index (χ0v) is 10.2. The lowest BCUT2D eigenvalue weighted by atomic mass is 10.2. The Morgan fingerprint density at radius 3 is 2.31 bits per heavy atom. The fraction of sp³-hybridized carbons (Fsp3) is 0.400. The standard InChI is InChI=1S/C10H15NO4S/c1-10(2,3)15-8-5-4-7(11)6-9(8)16(12,13)14/h4-6H,11H2,1-3H3,(H,12,13,14). The van der Waals surface area contributed by atoms with Crippen LogP contribution in [0.3, 0.4) is 0 Å². The Kier molecular flexibility index (Phi) is 3.16. The monoisotopic (exact) mass is 245 g/mol. The lowest BCUT2D eigenvalue weighted by Gasteiger charge is -2.22. The highest BCUT2D eigenvalue weighted by molar-refractivity contribution is 7.86. The average molecular weight is 245 g/mol. The molecular weight excluding hydrogens is 230 g/mol. The highest BCUT2D eigenvalue weighted by Crippen LogP contribution is 2.28. The van der Waals surface area contributed by atoms with Gasteiger partial charge in [0.2, 0.25) is 0 Å². The Bertz CT molecular complexity index is 488. The van der Waals surface area contributed by atoms with Crippen LogP contribution in [0.5, 0.6) is 5.75 Å². The first-order valence-electron chi connectivity index (χ1n) is 4.65. The Labute approximate surface area is 95.0 Å². The number of rotatable bonds is 2. The third kappa shape index (κ3) is 3.39. The minimum absolute atomic E-state index is 0.0872. The summed E-state index contributed by atoms with van der Waals surface area (Å²) < 4.78 is 36.7. The number of nitrogens with two attached hydrogens (primary N) is 1. The van der Waals surface area contributed by atoms with Gasteiger partial charge in [-0.3, -0.25) is 4.55 Å². The topological polar surface area (TPSA) is 89.6 Å². The first-order valence-corrected chi connectivity index (χ1v) is 6.10. The van der Waals surface area contributed by atoms with Gasteiger partial charge >= 0.3 is 0 Å². The van der Waals surface area contributed by atoms with Crippen LogP contribution in [0.4, 0.5) is 5.69 Å². The van der Waals surface area contributed by atoms with Crippen LogP contribution in [-0.4, -0.2) is 18.6 Å². The van der Waals surface area contributed by atoms with Gasteiger partial charge in [-0.2, -0.15) is 8.42 Å². The number of nitrogen functional groups attached to an aromatic ring is 1. The molecule has 0 amide bonds. The lowest BCUT2D eigenvalue weighted by Crippen LogP contribution is -2.24. The summed E-state index contributed by atoms with van der Waals surface area (Å²) in [7, 11) is -4.33. The first-order chi connectivity index (χ1) is 7.09. The van der Waals surface area contributed by atoms with Gasteiger partial charge in [-0.1, -0.05) is 0 Å². The SMILES string of the molecule is CC(C)(C)Oc1ccc(N)cc1S(=O)(=O)O. The van der Waals surface area contributed by atoms with Crippen molar-refractivity contribution >= 4 is 15.8 Å². The maximum absolute atomic E-state index is 11.1. The summed E-state index contributed by atoms with van der Waals surface area (Å²) in [5.41, 5.74) is 5.14. The predicted molar refractivity (Wildman–Crippen MR) is 61.1 cm³/mol. The van der Waals surface area contributed by atoms with Crippen LogP contribution in [0.1, 0.15) is 20.8 Å². The number of hydrogen-bond donors (Lipinski definition) is 2. The Balaban J connectivity index is 3.30. The predicted octanol–water partition coefficient (Wildman–Crippen LogP) is 1.69. The van der Waals surface area contributed by atoms with E-state index in [1.54, 1.807) is 20.8 Å². The van der Waals surface area contributed by atoms with Crippen molar-refractivity contribution in [2.75, 3.05) is 5.73 Å². The van der Waals surface area contributed by atoms with E-state index in [9.17, 15) is 8.42 Å². The summed E-state index contributed by atoms with van der Waals surface area (Å²) in [6.07, 6.45) is 0. The van der Waals surface area contributed by atoms with Crippen LogP contribution in [0, 0.1) is 0 Å². The molecule has 0 saturated carbocycles. The molecule has 0 atom stereocenters. The van der Waals surface area contributed by atoms with Crippen molar-refractivity contribution in [2.24, 2.45) is 0 Å². The highest BCUT2D eigenvalue weighted by atomic mass is 32.2. The molecule has 0 heterocycles. The third-order valence-corrected chi connectivity index (χ3v) is 2.54. The van der Waals surface area contributed by atoms with E-state index in [0.29, 0.717) is 0 Å². The number of anilines is 1. The van der Waals surface area contributed by atoms with Gasteiger partial charge in [0.15, 0.2) is 0 Å². The molecule has 0 bridgehead atoms. The minimum atomic E-state index is -4.33. The van der Waals surface area contributed by atoms with Crippen molar-refractivity contribution in [3.05, 3.63) is 18.2 Å². The molecule has 0 unspecified atom stereocenters. The second kappa shape index (κ2) is 3.95.